The molecule has 0 radical (unpaired) electrons. The van der Waals surface area contributed by atoms with Crippen molar-refractivity contribution in [3.63, 3.8) is 0 Å². The van der Waals surface area contributed by atoms with E-state index < -0.39 is 12.0 Å². The maximum absolute atomic E-state index is 11.5. The molecule has 0 saturated heterocycles. The largest absolute Gasteiger partial charge is 0.480 e. The van der Waals surface area contributed by atoms with Gasteiger partial charge in [-0.25, -0.2) is 4.79 Å². The number of carbonyl (C=O) groups is 1. The molecule has 110 valence electrons. The summed E-state index contributed by atoms with van der Waals surface area (Å²) in [7, 11) is 0. The molecule has 0 spiro atoms. The number of fused-ring (bicyclic) bond motifs is 1. The van der Waals surface area contributed by atoms with Crippen LogP contribution in [0.1, 0.15) is 56.7 Å². The number of hydrogen-bond donors (Lipinski definition) is 1. The maximum Gasteiger partial charge on any atom is 0.326 e. The highest BCUT2D eigenvalue weighted by molar-refractivity contribution is 5.80. The van der Waals surface area contributed by atoms with Crippen molar-refractivity contribution in [2.45, 2.75) is 65.5 Å². The van der Waals surface area contributed by atoms with Gasteiger partial charge in [0, 0.05) is 11.2 Å². The van der Waals surface area contributed by atoms with E-state index in [4.69, 9.17) is 0 Å². The zero-order chi connectivity index (χ0) is 15.2. The maximum atomic E-state index is 11.5. The standard InChI is InChI=1S/C17H25NO2/c1-10-7-14-12(3)9-17(5,6)18(13(4)16(19)20)15(14)8-11(10)2/h7-8,12-13H,9H2,1-6H3,(H,19,20)/t12-,13+/m0/s1. The Morgan fingerprint density at radius 2 is 1.90 bits per heavy atom. The Balaban J connectivity index is 2.64. The van der Waals surface area contributed by atoms with Crippen LogP contribution >= 0.6 is 0 Å². The van der Waals surface area contributed by atoms with Gasteiger partial charge in [0.05, 0.1) is 0 Å². The zero-order valence-corrected chi connectivity index (χ0v) is 13.3. The molecule has 1 N–H and O–H groups in total. The second-order valence-electron chi connectivity index (χ2n) is 6.80. The third-order valence-electron chi connectivity index (χ3n) is 4.64. The molecule has 2 atom stereocenters. The molecule has 0 saturated carbocycles. The van der Waals surface area contributed by atoms with Gasteiger partial charge >= 0.3 is 5.97 Å². The zero-order valence-electron chi connectivity index (χ0n) is 13.3. The van der Waals surface area contributed by atoms with Crippen LogP contribution in [0.3, 0.4) is 0 Å². The number of carboxylic acid groups (broad SMARTS) is 1. The first-order valence-electron chi connectivity index (χ1n) is 7.28. The molecule has 20 heavy (non-hydrogen) atoms. The average molecular weight is 275 g/mol. The average Bonchev–Trinajstić information content (AvgIpc) is 2.30. The van der Waals surface area contributed by atoms with Crippen LogP contribution in [0.25, 0.3) is 0 Å². The number of carboxylic acids is 1. The van der Waals surface area contributed by atoms with Gasteiger partial charge in [-0.1, -0.05) is 13.0 Å². The highest BCUT2D eigenvalue weighted by Gasteiger charge is 2.40. The number of nitrogens with zero attached hydrogens (tertiary/aromatic N) is 1. The number of benzene rings is 1. The highest BCUT2D eigenvalue weighted by atomic mass is 16.4. The Kier molecular flexibility index (Phi) is 3.57. The van der Waals surface area contributed by atoms with E-state index in [9.17, 15) is 9.90 Å². The molecule has 1 aliphatic heterocycles. The summed E-state index contributed by atoms with van der Waals surface area (Å²) in [4.78, 5) is 13.6. The number of hydrogen-bond acceptors (Lipinski definition) is 2. The third-order valence-corrected chi connectivity index (χ3v) is 4.64. The summed E-state index contributed by atoms with van der Waals surface area (Å²) < 4.78 is 0. The second kappa shape index (κ2) is 4.80. The van der Waals surface area contributed by atoms with E-state index in [1.54, 1.807) is 6.92 Å². The van der Waals surface area contributed by atoms with Gasteiger partial charge in [0.25, 0.3) is 0 Å². The second-order valence-corrected chi connectivity index (χ2v) is 6.80. The van der Waals surface area contributed by atoms with E-state index in [1.807, 2.05) is 0 Å². The lowest BCUT2D eigenvalue weighted by Gasteiger charge is -2.49. The van der Waals surface area contributed by atoms with Crippen LogP contribution in [0.5, 0.6) is 0 Å². The Bertz CT molecular complexity index is 548. The van der Waals surface area contributed by atoms with Crippen molar-refractivity contribution in [2.75, 3.05) is 4.90 Å². The number of rotatable bonds is 2. The van der Waals surface area contributed by atoms with Gasteiger partial charge < -0.3 is 10.0 Å². The van der Waals surface area contributed by atoms with E-state index in [2.05, 4.69) is 51.7 Å². The Hall–Kier alpha value is -1.51. The lowest BCUT2D eigenvalue weighted by atomic mass is 9.78. The van der Waals surface area contributed by atoms with Gasteiger partial charge in [0.2, 0.25) is 0 Å². The number of aryl methyl sites for hydroxylation is 2. The molecule has 3 nitrogen and oxygen atoms in total. The topological polar surface area (TPSA) is 40.5 Å². The lowest BCUT2D eigenvalue weighted by molar-refractivity contribution is -0.138. The first-order valence-corrected chi connectivity index (χ1v) is 7.28. The molecule has 2 rings (SSSR count). The van der Waals surface area contributed by atoms with Gasteiger partial charge in [-0.3, -0.25) is 0 Å². The van der Waals surface area contributed by atoms with E-state index in [0.29, 0.717) is 5.92 Å². The summed E-state index contributed by atoms with van der Waals surface area (Å²) in [5.74, 6) is -0.312. The molecular formula is C17H25NO2. The Morgan fingerprint density at radius 3 is 2.45 bits per heavy atom. The summed E-state index contributed by atoms with van der Waals surface area (Å²) in [6.07, 6.45) is 0.972. The summed E-state index contributed by atoms with van der Waals surface area (Å²) in [6, 6.07) is 3.87. The highest BCUT2D eigenvalue weighted by Crippen LogP contribution is 2.45. The fourth-order valence-corrected chi connectivity index (χ4v) is 3.55. The molecule has 1 aromatic rings. The van der Waals surface area contributed by atoms with Crippen LogP contribution in [0, 0.1) is 13.8 Å². The van der Waals surface area contributed by atoms with Crippen molar-refractivity contribution in [3.8, 4) is 0 Å². The van der Waals surface area contributed by atoms with Crippen molar-refractivity contribution >= 4 is 11.7 Å². The molecule has 0 unspecified atom stereocenters. The summed E-state index contributed by atoms with van der Waals surface area (Å²) in [6.45, 7) is 12.5. The van der Waals surface area contributed by atoms with Crippen LogP contribution in [0.4, 0.5) is 5.69 Å². The van der Waals surface area contributed by atoms with E-state index in [1.165, 1.54) is 16.7 Å². The fraction of sp³-hybridized carbons (Fsp3) is 0.588. The first-order chi connectivity index (χ1) is 9.15. The van der Waals surface area contributed by atoms with Gasteiger partial charge in [0.15, 0.2) is 0 Å². The van der Waals surface area contributed by atoms with Gasteiger partial charge in [-0.15, -0.1) is 0 Å². The van der Waals surface area contributed by atoms with Gasteiger partial charge in [0.1, 0.15) is 6.04 Å². The van der Waals surface area contributed by atoms with Crippen molar-refractivity contribution in [2.24, 2.45) is 0 Å². The van der Waals surface area contributed by atoms with Crippen molar-refractivity contribution in [3.05, 3.63) is 28.8 Å². The normalized spacial score (nSPS) is 22.3. The number of aliphatic carboxylic acids is 1. The predicted octanol–water partition coefficient (Wildman–Crippen LogP) is 3.87. The van der Waals surface area contributed by atoms with Crippen LogP contribution in [0.15, 0.2) is 12.1 Å². The van der Waals surface area contributed by atoms with Crippen LogP contribution in [0.2, 0.25) is 0 Å². The van der Waals surface area contributed by atoms with Gasteiger partial charge in [-0.05, 0) is 69.7 Å². The molecule has 3 heteroatoms. The van der Waals surface area contributed by atoms with Crippen molar-refractivity contribution in [1.29, 1.82) is 0 Å². The fourth-order valence-electron chi connectivity index (χ4n) is 3.55. The number of anilines is 1. The molecule has 1 heterocycles. The van der Waals surface area contributed by atoms with Crippen LogP contribution < -0.4 is 4.90 Å². The molecule has 0 aliphatic carbocycles. The predicted molar refractivity (Wildman–Crippen MR) is 82.6 cm³/mol. The molecule has 0 bridgehead atoms. The van der Waals surface area contributed by atoms with Crippen LogP contribution in [-0.4, -0.2) is 22.7 Å². The Morgan fingerprint density at radius 1 is 1.35 bits per heavy atom. The van der Waals surface area contributed by atoms with Crippen molar-refractivity contribution < 1.29 is 9.90 Å². The SMILES string of the molecule is Cc1cc2c(cc1C)N([C@H](C)C(=O)O)C(C)(C)C[C@@H]2C. The summed E-state index contributed by atoms with van der Waals surface area (Å²) >= 11 is 0. The van der Waals surface area contributed by atoms with E-state index >= 15 is 0 Å². The minimum absolute atomic E-state index is 0.147. The van der Waals surface area contributed by atoms with E-state index in [0.717, 1.165) is 12.1 Å². The molecule has 0 amide bonds. The Labute approximate surface area is 121 Å². The molecule has 1 aromatic carbocycles. The minimum Gasteiger partial charge on any atom is -0.480 e. The summed E-state index contributed by atoms with van der Waals surface area (Å²) in [5.41, 5.74) is 4.72. The molecule has 0 aromatic heterocycles. The minimum atomic E-state index is -0.767. The molecule has 1 aliphatic rings. The van der Waals surface area contributed by atoms with E-state index in [-0.39, 0.29) is 5.54 Å². The first kappa shape index (κ1) is 14.9. The summed E-state index contributed by atoms with van der Waals surface area (Å²) in [5, 5.41) is 9.44. The molecule has 0 fully saturated rings. The third kappa shape index (κ3) is 2.30. The van der Waals surface area contributed by atoms with Gasteiger partial charge in [-0.2, -0.15) is 0 Å². The van der Waals surface area contributed by atoms with Crippen LogP contribution in [-0.2, 0) is 4.79 Å². The lowest BCUT2D eigenvalue weighted by Crippen LogP contribution is -2.55. The molecular weight excluding hydrogens is 250 g/mol. The van der Waals surface area contributed by atoms with Crippen molar-refractivity contribution in [1.82, 2.24) is 0 Å². The smallest absolute Gasteiger partial charge is 0.326 e. The quantitative estimate of drug-likeness (QED) is 0.890. The monoisotopic (exact) mass is 275 g/mol.